The van der Waals surface area contributed by atoms with Gasteiger partial charge in [-0.15, -0.1) is 0 Å². The summed E-state index contributed by atoms with van der Waals surface area (Å²) < 4.78 is 16.9. The number of carbonyl (C=O) groups is 3. The number of rotatable bonds is 53. The molecular weight excluding hydrogens is 913 g/mol. The molecule has 0 aliphatic heterocycles. The third-order valence-electron chi connectivity index (χ3n) is 12.4. The number of carbonyl (C=O) groups excluding carboxylic acids is 3. The van der Waals surface area contributed by atoms with E-state index in [9.17, 15) is 14.4 Å². The van der Waals surface area contributed by atoms with E-state index in [1.54, 1.807) is 0 Å². The molecule has 0 heterocycles. The smallest absolute Gasteiger partial charge is 0.306 e. The Labute approximate surface area is 455 Å². The van der Waals surface area contributed by atoms with Crippen molar-refractivity contribution in [1.29, 1.82) is 0 Å². The molecule has 0 bridgehead atoms. The van der Waals surface area contributed by atoms with Crippen molar-refractivity contribution >= 4 is 17.9 Å². The molecule has 0 aromatic rings. The first-order valence-corrected chi connectivity index (χ1v) is 30.2. The summed E-state index contributed by atoms with van der Waals surface area (Å²) >= 11 is 0. The second kappa shape index (κ2) is 61.1. The monoisotopic (exact) mass is 1020 g/mol. The van der Waals surface area contributed by atoms with Crippen molar-refractivity contribution in [2.45, 2.75) is 264 Å². The van der Waals surface area contributed by atoms with Gasteiger partial charge in [-0.3, -0.25) is 14.4 Å². The van der Waals surface area contributed by atoms with Gasteiger partial charge in [0.15, 0.2) is 6.10 Å². The highest BCUT2D eigenvalue weighted by atomic mass is 16.6. The summed E-state index contributed by atoms with van der Waals surface area (Å²) in [7, 11) is 0. The molecule has 6 nitrogen and oxygen atoms in total. The Hall–Kier alpha value is -4.45. The zero-order valence-corrected chi connectivity index (χ0v) is 47.8. The van der Waals surface area contributed by atoms with Gasteiger partial charge in [0.1, 0.15) is 13.2 Å². The molecule has 0 N–H and O–H groups in total. The van der Waals surface area contributed by atoms with E-state index in [2.05, 4.69) is 154 Å². The minimum atomic E-state index is -0.806. The zero-order chi connectivity index (χ0) is 53.6. The normalized spacial score (nSPS) is 13.1. The summed E-state index contributed by atoms with van der Waals surface area (Å²) in [5, 5.41) is 0. The summed E-state index contributed by atoms with van der Waals surface area (Å²) in [5.41, 5.74) is 0. The van der Waals surface area contributed by atoms with Crippen LogP contribution in [0.1, 0.15) is 258 Å². The third kappa shape index (κ3) is 58.4. The molecule has 6 heteroatoms. The van der Waals surface area contributed by atoms with Gasteiger partial charge in [0.2, 0.25) is 0 Å². The van der Waals surface area contributed by atoms with Crippen molar-refractivity contribution in [3.05, 3.63) is 134 Å². The number of hydrogen-bond acceptors (Lipinski definition) is 6. The first-order valence-electron chi connectivity index (χ1n) is 30.2. The molecule has 0 amide bonds. The zero-order valence-electron chi connectivity index (χ0n) is 47.8. The summed E-state index contributed by atoms with van der Waals surface area (Å²) in [6, 6.07) is 0. The van der Waals surface area contributed by atoms with Gasteiger partial charge >= 0.3 is 17.9 Å². The van der Waals surface area contributed by atoms with Gasteiger partial charge in [-0.2, -0.15) is 0 Å². The number of hydrogen-bond donors (Lipinski definition) is 0. The highest BCUT2D eigenvalue weighted by molar-refractivity contribution is 5.71. The predicted octanol–water partition coefficient (Wildman–Crippen LogP) is 20.6. The number of ether oxygens (including phenoxy) is 3. The minimum Gasteiger partial charge on any atom is -0.462 e. The van der Waals surface area contributed by atoms with E-state index >= 15 is 0 Å². The second-order valence-corrected chi connectivity index (χ2v) is 19.5. The van der Waals surface area contributed by atoms with Crippen LogP contribution >= 0.6 is 0 Å². The lowest BCUT2D eigenvalue weighted by Gasteiger charge is -2.18. The van der Waals surface area contributed by atoms with Crippen LogP contribution in [0, 0.1) is 0 Å². The standard InChI is InChI=1S/C68H110O6/c1-4-7-10-13-16-19-22-25-28-31-33-34-36-37-40-43-46-49-52-55-58-61-67(70)73-64-65(63-72-66(69)60-57-54-51-48-45-42-39-30-27-24-21-18-15-12-9-6-3)74-68(71)62-59-56-53-50-47-44-41-38-35-32-29-26-23-20-17-14-11-8-5-2/h7-8,10-11,16-17,19-21,24-26,28-30,33-35,37-40,65H,4-6,9,12-15,18,22-23,27,31-32,36,41-64H2,1-3H3/b10-7-,11-8-,19-16-,20-17-,24-21-,28-25-,29-26-,34-33-,38-35-,39-30-,40-37-. The fraction of sp³-hybridized carbons (Fsp3) is 0.632. The Morgan fingerprint density at radius 2 is 0.527 bits per heavy atom. The molecule has 0 aromatic heterocycles. The topological polar surface area (TPSA) is 78.9 Å². The molecule has 0 aliphatic rings. The SMILES string of the molecule is CC/C=C\C/C=C\C/C=C\C/C=C\C/C=C\CCCCCCCC(=O)OCC(COC(=O)CCCCCCC/C=C\C/C=C\CCCCCC)OC(=O)CCCCCCCC/C=C\C/C=C\C/C=C\C/C=C\CC. The maximum Gasteiger partial charge on any atom is 0.306 e. The van der Waals surface area contributed by atoms with Crippen molar-refractivity contribution < 1.29 is 28.6 Å². The van der Waals surface area contributed by atoms with E-state index in [4.69, 9.17) is 14.2 Å². The summed E-state index contributed by atoms with van der Waals surface area (Å²) in [4.78, 5) is 38.3. The van der Waals surface area contributed by atoms with Crippen LogP contribution in [0.4, 0.5) is 0 Å². The molecule has 0 saturated carbocycles. The highest BCUT2D eigenvalue weighted by Crippen LogP contribution is 2.14. The molecule has 0 spiro atoms. The van der Waals surface area contributed by atoms with Gasteiger partial charge in [-0.05, 0) is 135 Å². The molecule has 0 saturated heterocycles. The summed E-state index contributed by atoms with van der Waals surface area (Å²) in [5.74, 6) is -0.948. The first-order chi connectivity index (χ1) is 36.5. The van der Waals surface area contributed by atoms with Crippen LogP contribution < -0.4 is 0 Å². The Bertz CT molecular complexity index is 1600. The minimum absolute atomic E-state index is 0.102. The summed E-state index contributed by atoms with van der Waals surface area (Å²) in [6.07, 6.45) is 85.8. The predicted molar refractivity (Wildman–Crippen MR) is 320 cm³/mol. The number of allylic oxidation sites excluding steroid dienone is 22. The van der Waals surface area contributed by atoms with E-state index in [0.29, 0.717) is 19.3 Å². The van der Waals surface area contributed by atoms with Gasteiger partial charge in [-0.25, -0.2) is 0 Å². The molecule has 74 heavy (non-hydrogen) atoms. The molecular formula is C68H110O6. The Kier molecular flexibility index (Phi) is 57.4. The van der Waals surface area contributed by atoms with Crippen LogP contribution in [0.5, 0.6) is 0 Å². The van der Waals surface area contributed by atoms with Crippen LogP contribution in [-0.4, -0.2) is 37.2 Å². The number of unbranched alkanes of at least 4 members (excludes halogenated alkanes) is 20. The van der Waals surface area contributed by atoms with Crippen molar-refractivity contribution in [2.24, 2.45) is 0 Å². The third-order valence-corrected chi connectivity index (χ3v) is 12.4. The average Bonchev–Trinajstić information content (AvgIpc) is 3.40. The maximum absolute atomic E-state index is 12.9. The maximum atomic E-state index is 12.9. The van der Waals surface area contributed by atoms with Crippen LogP contribution in [0.2, 0.25) is 0 Å². The van der Waals surface area contributed by atoms with Gasteiger partial charge in [-0.1, -0.05) is 238 Å². The lowest BCUT2D eigenvalue weighted by molar-refractivity contribution is -0.167. The van der Waals surface area contributed by atoms with Gasteiger partial charge in [0.25, 0.3) is 0 Å². The molecule has 0 aliphatic carbocycles. The Morgan fingerprint density at radius 1 is 0.284 bits per heavy atom. The lowest BCUT2D eigenvalue weighted by Crippen LogP contribution is -2.30. The van der Waals surface area contributed by atoms with E-state index in [1.807, 2.05) is 0 Å². The van der Waals surface area contributed by atoms with Gasteiger partial charge in [0, 0.05) is 19.3 Å². The lowest BCUT2D eigenvalue weighted by atomic mass is 10.1. The molecule has 0 rings (SSSR count). The fourth-order valence-corrected chi connectivity index (χ4v) is 7.90. The van der Waals surface area contributed by atoms with Crippen molar-refractivity contribution in [1.82, 2.24) is 0 Å². The van der Waals surface area contributed by atoms with E-state index in [1.165, 1.54) is 44.9 Å². The molecule has 418 valence electrons. The van der Waals surface area contributed by atoms with Crippen molar-refractivity contribution in [3.63, 3.8) is 0 Å². The highest BCUT2D eigenvalue weighted by Gasteiger charge is 2.19. The van der Waals surface area contributed by atoms with E-state index < -0.39 is 6.10 Å². The van der Waals surface area contributed by atoms with Crippen molar-refractivity contribution in [2.75, 3.05) is 13.2 Å². The first kappa shape index (κ1) is 69.5. The fourth-order valence-electron chi connectivity index (χ4n) is 7.90. The molecule has 0 radical (unpaired) electrons. The quantitative estimate of drug-likeness (QED) is 0.0261. The van der Waals surface area contributed by atoms with Crippen LogP contribution in [0.15, 0.2) is 134 Å². The number of esters is 3. The summed E-state index contributed by atoms with van der Waals surface area (Å²) in [6.45, 7) is 6.36. The molecule has 0 fully saturated rings. The van der Waals surface area contributed by atoms with E-state index in [0.717, 1.165) is 173 Å². The molecule has 1 atom stereocenters. The van der Waals surface area contributed by atoms with Crippen LogP contribution in [0.3, 0.4) is 0 Å². The van der Waals surface area contributed by atoms with Crippen LogP contribution in [-0.2, 0) is 28.6 Å². The molecule has 1 unspecified atom stereocenters. The second-order valence-electron chi connectivity index (χ2n) is 19.5. The van der Waals surface area contributed by atoms with Gasteiger partial charge < -0.3 is 14.2 Å². The van der Waals surface area contributed by atoms with Crippen LogP contribution in [0.25, 0.3) is 0 Å². The largest absolute Gasteiger partial charge is 0.462 e. The van der Waals surface area contributed by atoms with E-state index in [-0.39, 0.29) is 31.1 Å². The Balaban J connectivity index is 4.50. The van der Waals surface area contributed by atoms with Gasteiger partial charge in [0.05, 0.1) is 0 Å². The van der Waals surface area contributed by atoms with Crippen molar-refractivity contribution in [3.8, 4) is 0 Å². The molecule has 0 aromatic carbocycles. The average molecular weight is 1020 g/mol. The Morgan fingerprint density at radius 3 is 0.824 bits per heavy atom.